The van der Waals surface area contributed by atoms with E-state index in [1.54, 1.807) is 42.5 Å². The standard InChI is InChI=1S/C26H33N5O7S/c27-18(10-11-22(28)33)23(34)29-19(12-15-4-2-1-3-5-15)24(35)30-20(13-16-6-8-17(32)9-7-16)25(36)31-21(14-39)26(37)38/h1-9,18-21,32,39H,10-14,27H2,(H2,28,33)(H,29,34)(H,30,35)(H,31,36)(H,37,38). The Morgan fingerprint density at radius 2 is 1.26 bits per heavy atom. The summed E-state index contributed by atoms with van der Waals surface area (Å²) in [5, 5.41) is 26.4. The normalized spacial score (nSPS) is 13.8. The second kappa shape index (κ2) is 15.3. The van der Waals surface area contributed by atoms with E-state index in [4.69, 9.17) is 11.5 Å². The molecule has 0 radical (unpaired) electrons. The van der Waals surface area contributed by atoms with E-state index in [9.17, 15) is 34.2 Å². The number of nitrogens with two attached hydrogens (primary N) is 2. The lowest BCUT2D eigenvalue weighted by Gasteiger charge is -2.25. The van der Waals surface area contributed by atoms with Crippen molar-refractivity contribution in [3.05, 3.63) is 65.7 Å². The van der Waals surface area contributed by atoms with E-state index in [0.717, 1.165) is 0 Å². The monoisotopic (exact) mass is 559 g/mol. The van der Waals surface area contributed by atoms with Gasteiger partial charge in [0.1, 0.15) is 23.9 Å². The number of carbonyl (C=O) groups is 5. The maximum atomic E-state index is 13.4. The first-order chi connectivity index (χ1) is 18.5. The van der Waals surface area contributed by atoms with Crippen LogP contribution in [0.2, 0.25) is 0 Å². The zero-order valence-corrected chi connectivity index (χ0v) is 22.0. The Labute approximate surface area is 230 Å². The molecule has 0 heterocycles. The van der Waals surface area contributed by atoms with Crippen molar-refractivity contribution in [2.75, 3.05) is 5.75 Å². The van der Waals surface area contributed by atoms with Crippen molar-refractivity contribution in [1.82, 2.24) is 16.0 Å². The van der Waals surface area contributed by atoms with Crippen LogP contribution in [0, 0.1) is 0 Å². The summed E-state index contributed by atoms with van der Waals surface area (Å²) in [4.78, 5) is 61.7. The Bertz CT molecular complexity index is 1150. The molecule has 4 atom stereocenters. The van der Waals surface area contributed by atoms with Crippen LogP contribution in [0.3, 0.4) is 0 Å². The molecule has 0 bridgehead atoms. The number of hydrogen-bond acceptors (Lipinski definition) is 8. The largest absolute Gasteiger partial charge is 0.508 e. The molecule has 0 aliphatic heterocycles. The van der Waals surface area contributed by atoms with E-state index in [-0.39, 0.29) is 37.2 Å². The molecule has 2 rings (SSSR count). The van der Waals surface area contributed by atoms with Gasteiger partial charge in [-0.05, 0) is 29.7 Å². The van der Waals surface area contributed by atoms with Gasteiger partial charge in [-0.2, -0.15) is 12.6 Å². The number of amides is 4. The van der Waals surface area contributed by atoms with Gasteiger partial charge in [0, 0.05) is 25.0 Å². The van der Waals surface area contributed by atoms with Gasteiger partial charge in [-0.25, -0.2) is 4.79 Å². The van der Waals surface area contributed by atoms with Crippen LogP contribution in [0.5, 0.6) is 5.75 Å². The van der Waals surface area contributed by atoms with Crippen molar-refractivity contribution in [2.24, 2.45) is 11.5 Å². The first-order valence-electron chi connectivity index (χ1n) is 12.1. The van der Waals surface area contributed by atoms with Crippen LogP contribution in [-0.4, -0.2) is 69.7 Å². The molecular formula is C26H33N5O7S. The highest BCUT2D eigenvalue weighted by atomic mass is 32.1. The summed E-state index contributed by atoms with van der Waals surface area (Å²) in [5.74, 6) is -4.28. The molecule has 2 aromatic carbocycles. The second-order valence-corrected chi connectivity index (χ2v) is 9.24. The van der Waals surface area contributed by atoms with Gasteiger partial charge in [0.25, 0.3) is 0 Å². The Kier molecular flexibility index (Phi) is 12.2. The highest BCUT2D eigenvalue weighted by molar-refractivity contribution is 7.80. The number of benzene rings is 2. The molecule has 4 unspecified atom stereocenters. The highest BCUT2D eigenvalue weighted by Gasteiger charge is 2.30. The zero-order valence-electron chi connectivity index (χ0n) is 21.1. The first kappa shape index (κ1) is 31.1. The fraction of sp³-hybridized carbons (Fsp3) is 0.346. The van der Waals surface area contributed by atoms with Crippen LogP contribution in [0.25, 0.3) is 0 Å². The molecule has 0 aromatic heterocycles. The third-order valence-corrected chi connectivity index (χ3v) is 6.13. The van der Waals surface area contributed by atoms with Crippen molar-refractivity contribution < 1.29 is 34.2 Å². The number of carboxylic acid groups (broad SMARTS) is 1. The SMILES string of the molecule is NC(=O)CCC(N)C(=O)NC(Cc1ccccc1)C(=O)NC(Cc1ccc(O)cc1)C(=O)NC(CS)C(=O)O. The lowest BCUT2D eigenvalue weighted by atomic mass is 10.0. The van der Waals surface area contributed by atoms with Gasteiger partial charge in [-0.1, -0.05) is 42.5 Å². The topological polar surface area (TPSA) is 214 Å². The van der Waals surface area contributed by atoms with Gasteiger partial charge in [0.05, 0.1) is 6.04 Å². The molecule has 0 saturated heterocycles. The molecule has 12 nitrogen and oxygen atoms in total. The van der Waals surface area contributed by atoms with E-state index < -0.39 is 53.8 Å². The molecule has 210 valence electrons. The average molecular weight is 560 g/mol. The summed E-state index contributed by atoms with van der Waals surface area (Å²) in [6, 6.07) is 9.93. The van der Waals surface area contributed by atoms with Gasteiger partial charge in [0.2, 0.25) is 23.6 Å². The molecule has 9 N–H and O–H groups in total. The van der Waals surface area contributed by atoms with E-state index in [2.05, 4.69) is 28.6 Å². The Balaban J connectivity index is 2.28. The molecule has 13 heteroatoms. The fourth-order valence-corrected chi connectivity index (χ4v) is 3.82. The van der Waals surface area contributed by atoms with Crippen molar-refractivity contribution in [2.45, 2.75) is 49.9 Å². The number of phenolic OH excluding ortho intramolecular Hbond substituents is 1. The quantitative estimate of drug-likeness (QED) is 0.130. The van der Waals surface area contributed by atoms with E-state index >= 15 is 0 Å². The van der Waals surface area contributed by atoms with E-state index in [1.165, 1.54) is 12.1 Å². The predicted molar refractivity (Wildman–Crippen MR) is 146 cm³/mol. The number of carboxylic acids is 1. The van der Waals surface area contributed by atoms with Crippen LogP contribution in [-0.2, 0) is 36.8 Å². The van der Waals surface area contributed by atoms with Gasteiger partial charge < -0.3 is 37.6 Å². The Hall–Kier alpha value is -4.10. The number of hydrogen-bond donors (Lipinski definition) is 8. The minimum atomic E-state index is -1.30. The number of phenols is 1. The molecule has 0 saturated carbocycles. The number of rotatable bonds is 15. The van der Waals surface area contributed by atoms with Crippen molar-refractivity contribution >= 4 is 42.2 Å². The minimum absolute atomic E-state index is 0.00288. The van der Waals surface area contributed by atoms with E-state index in [1.807, 2.05) is 0 Å². The van der Waals surface area contributed by atoms with Crippen LogP contribution in [0.15, 0.2) is 54.6 Å². The van der Waals surface area contributed by atoms with Crippen LogP contribution >= 0.6 is 12.6 Å². The third-order valence-electron chi connectivity index (χ3n) is 5.76. The average Bonchev–Trinajstić information content (AvgIpc) is 2.90. The number of aliphatic carboxylic acids is 1. The maximum Gasteiger partial charge on any atom is 0.327 e. The van der Waals surface area contributed by atoms with Gasteiger partial charge in [-0.3, -0.25) is 19.2 Å². The van der Waals surface area contributed by atoms with Gasteiger partial charge >= 0.3 is 5.97 Å². The molecule has 39 heavy (non-hydrogen) atoms. The summed E-state index contributed by atoms with van der Waals surface area (Å²) in [7, 11) is 0. The summed E-state index contributed by atoms with van der Waals surface area (Å²) < 4.78 is 0. The zero-order chi connectivity index (χ0) is 28.9. The van der Waals surface area contributed by atoms with Crippen molar-refractivity contribution in [3.63, 3.8) is 0 Å². The summed E-state index contributed by atoms with van der Waals surface area (Å²) in [6.07, 6.45) is -0.119. The lowest BCUT2D eigenvalue weighted by molar-refractivity contribution is -0.141. The number of thiol groups is 1. The van der Waals surface area contributed by atoms with Crippen molar-refractivity contribution in [1.29, 1.82) is 0 Å². The smallest absolute Gasteiger partial charge is 0.327 e. The minimum Gasteiger partial charge on any atom is -0.508 e. The summed E-state index contributed by atoms with van der Waals surface area (Å²) >= 11 is 3.95. The fourth-order valence-electron chi connectivity index (χ4n) is 3.57. The molecule has 2 aromatic rings. The second-order valence-electron chi connectivity index (χ2n) is 8.88. The Morgan fingerprint density at radius 1 is 0.769 bits per heavy atom. The summed E-state index contributed by atoms with van der Waals surface area (Å²) in [6.45, 7) is 0. The van der Waals surface area contributed by atoms with Crippen molar-refractivity contribution in [3.8, 4) is 5.75 Å². The maximum absolute atomic E-state index is 13.4. The number of nitrogens with one attached hydrogen (secondary N) is 3. The molecule has 0 fully saturated rings. The highest BCUT2D eigenvalue weighted by Crippen LogP contribution is 2.12. The molecule has 0 spiro atoms. The van der Waals surface area contributed by atoms with Crippen LogP contribution in [0.4, 0.5) is 0 Å². The molecule has 4 amide bonds. The van der Waals surface area contributed by atoms with Crippen LogP contribution in [0.1, 0.15) is 24.0 Å². The molecular weight excluding hydrogens is 526 g/mol. The van der Waals surface area contributed by atoms with Crippen LogP contribution < -0.4 is 27.4 Å². The number of aromatic hydroxyl groups is 1. The molecule has 0 aliphatic carbocycles. The van der Waals surface area contributed by atoms with Gasteiger partial charge in [-0.15, -0.1) is 0 Å². The molecule has 0 aliphatic rings. The lowest BCUT2D eigenvalue weighted by Crippen LogP contribution is -2.58. The number of carbonyl (C=O) groups excluding carboxylic acids is 4. The van der Waals surface area contributed by atoms with E-state index in [0.29, 0.717) is 11.1 Å². The summed E-state index contributed by atoms with van der Waals surface area (Å²) in [5.41, 5.74) is 12.3. The Morgan fingerprint density at radius 3 is 1.74 bits per heavy atom. The number of primary amides is 1. The first-order valence-corrected chi connectivity index (χ1v) is 12.7. The predicted octanol–water partition coefficient (Wildman–Crippen LogP) is -0.761. The van der Waals surface area contributed by atoms with Gasteiger partial charge in [0.15, 0.2) is 0 Å². The third kappa shape index (κ3) is 10.7.